The van der Waals surface area contributed by atoms with Gasteiger partial charge in [-0.15, -0.1) is 0 Å². The Hall–Kier alpha value is -0.0700. The van der Waals surface area contributed by atoms with Crippen LogP contribution in [0, 0.1) is 3.77 Å². The second-order valence-corrected chi connectivity index (χ2v) is 5.02. The monoisotopic (exact) mass is 322 g/mol. The summed E-state index contributed by atoms with van der Waals surface area (Å²) in [5.74, 6) is 1.01. The van der Waals surface area contributed by atoms with E-state index >= 15 is 0 Å². The fourth-order valence-electron chi connectivity index (χ4n) is 1.17. The maximum absolute atomic E-state index is 5.45. The minimum atomic E-state index is 0.608. The molecule has 0 spiro atoms. The molecule has 1 aromatic rings. The van der Waals surface area contributed by atoms with E-state index in [1.807, 2.05) is 12.1 Å². The van der Waals surface area contributed by atoms with Crippen LogP contribution in [0.15, 0.2) is 16.5 Å². The molecule has 4 heteroatoms. The van der Waals surface area contributed by atoms with Gasteiger partial charge in [0.2, 0.25) is 0 Å². The lowest BCUT2D eigenvalue weighted by atomic mass is 10.3. The predicted octanol–water partition coefficient (Wildman–Crippen LogP) is 2.31. The Morgan fingerprint density at radius 1 is 1.47 bits per heavy atom. The molecule has 1 heterocycles. The van der Waals surface area contributed by atoms with Gasteiger partial charge in [-0.25, -0.2) is 0 Å². The third kappa shape index (κ3) is 4.99. The number of rotatable bonds is 6. The highest BCUT2D eigenvalue weighted by Crippen LogP contribution is 2.09. The Kier molecular flexibility index (Phi) is 5.63. The van der Waals surface area contributed by atoms with Crippen molar-refractivity contribution >= 4 is 22.6 Å². The van der Waals surface area contributed by atoms with Crippen molar-refractivity contribution in [2.24, 2.45) is 0 Å². The Morgan fingerprint density at radius 2 is 2.20 bits per heavy atom. The summed E-state index contributed by atoms with van der Waals surface area (Å²) in [4.78, 5) is 2.32. The molecule has 0 unspecified atom stereocenters. The fourth-order valence-corrected chi connectivity index (χ4v) is 1.63. The maximum Gasteiger partial charge on any atom is 0.164 e. The first-order chi connectivity index (χ1) is 7.09. The largest absolute Gasteiger partial charge is 0.454 e. The Labute approximate surface area is 105 Å². The van der Waals surface area contributed by atoms with Crippen LogP contribution in [0.4, 0.5) is 0 Å². The molecule has 1 N–H and O–H groups in total. The van der Waals surface area contributed by atoms with Gasteiger partial charge in [0.1, 0.15) is 5.76 Å². The van der Waals surface area contributed by atoms with E-state index in [1.165, 1.54) is 0 Å². The molecule has 0 atom stereocenters. The molecule has 0 radical (unpaired) electrons. The van der Waals surface area contributed by atoms with E-state index in [0.717, 1.165) is 29.2 Å². The van der Waals surface area contributed by atoms with Crippen LogP contribution < -0.4 is 5.32 Å². The van der Waals surface area contributed by atoms with Gasteiger partial charge in [0, 0.05) is 19.1 Å². The van der Waals surface area contributed by atoms with Crippen LogP contribution in [0.1, 0.15) is 19.6 Å². The topological polar surface area (TPSA) is 28.4 Å². The molecule has 1 rings (SSSR count). The third-order valence-electron chi connectivity index (χ3n) is 2.45. The van der Waals surface area contributed by atoms with Crippen molar-refractivity contribution in [2.45, 2.75) is 26.4 Å². The van der Waals surface area contributed by atoms with Crippen molar-refractivity contribution in [2.75, 3.05) is 20.1 Å². The van der Waals surface area contributed by atoms with Gasteiger partial charge in [0.15, 0.2) is 3.77 Å². The predicted molar refractivity (Wildman–Crippen MR) is 70.9 cm³/mol. The van der Waals surface area contributed by atoms with Crippen LogP contribution in [-0.4, -0.2) is 31.1 Å². The third-order valence-corrected chi connectivity index (χ3v) is 3.03. The lowest BCUT2D eigenvalue weighted by Crippen LogP contribution is -2.33. The number of hydrogen-bond acceptors (Lipinski definition) is 3. The van der Waals surface area contributed by atoms with Gasteiger partial charge in [-0.3, -0.25) is 0 Å². The zero-order chi connectivity index (χ0) is 11.3. The number of nitrogens with one attached hydrogen (secondary N) is 1. The highest BCUT2D eigenvalue weighted by Gasteiger charge is 2.02. The maximum atomic E-state index is 5.45. The quantitative estimate of drug-likeness (QED) is 0.644. The first-order valence-corrected chi connectivity index (χ1v) is 6.32. The zero-order valence-corrected chi connectivity index (χ0v) is 11.7. The van der Waals surface area contributed by atoms with Gasteiger partial charge in [-0.1, -0.05) is 0 Å². The van der Waals surface area contributed by atoms with Gasteiger partial charge < -0.3 is 14.6 Å². The summed E-state index contributed by atoms with van der Waals surface area (Å²) in [6, 6.07) is 4.61. The first-order valence-electron chi connectivity index (χ1n) is 5.24. The Bertz CT molecular complexity index is 286. The second kappa shape index (κ2) is 6.50. The number of nitrogens with zero attached hydrogens (tertiary/aromatic N) is 1. The average molecular weight is 322 g/mol. The summed E-state index contributed by atoms with van der Waals surface area (Å²) in [5.41, 5.74) is 0. The van der Waals surface area contributed by atoms with Crippen molar-refractivity contribution in [3.63, 3.8) is 0 Å². The van der Waals surface area contributed by atoms with E-state index in [-0.39, 0.29) is 0 Å². The molecular formula is C11H19IN2O. The van der Waals surface area contributed by atoms with Gasteiger partial charge in [0.25, 0.3) is 0 Å². The minimum absolute atomic E-state index is 0.608. The molecule has 15 heavy (non-hydrogen) atoms. The molecule has 0 aromatic carbocycles. The summed E-state index contributed by atoms with van der Waals surface area (Å²) in [6.45, 7) is 7.28. The summed E-state index contributed by atoms with van der Waals surface area (Å²) in [5, 5.41) is 3.36. The van der Waals surface area contributed by atoms with E-state index in [1.54, 1.807) is 0 Å². The van der Waals surface area contributed by atoms with Crippen molar-refractivity contribution in [3.05, 3.63) is 21.7 Å². The van der Waals surface area contributed by atoms with E-state index in [4.69, 9.17) is 4.42 Å². The highest BCUT2D eigenvalue weighted by atomic mass is 127. The van der Waals surface area contributed by atoms with Crippen LogP contribution >= 0.6 is 22.6 Å². The molecule has 86 valence electrons. The number of likely N-dealkylation sites (N-methyl/N-ethyl adjacent to an activating group) is 1. The molecule has 0 saturated heterocycles. The zero-order valence-electron chi connectivity index (χ0n) is 9.59. The normalized spacial score (nSPS) is 11.6. The second-order valence-electron chi connectivity index (χ2n) is 3.96. The number of halogens is 1. The van der Waals surface area contributed by atoms with Crippen LogP contribution in [0.3, 0.4) is 0 Å². The molecule has 0 aliphatic rings. The summed E-state index contributed by atoms with van der Waals surface area (Å²) < 4.78 is 6.40. The summed E-state index contributed by atoms with van der Waals surface area (Å²) in [6.07, 6.45) is 0. The van der Waals surface area contributed by atoms with Crippen LogP contribution in [-0.2, 0) is 6.54 Å². The molecule has 0 amide bonds. The van der Waals surface area contributed by atoms with Crippen LogP contribution in [0.25, 0.3) is 0 Å². The standard InChI is InChI=1S/C11H19IN2O/c1-9(2)14(3)7-6-13-8-10-4-5-11(12)15-10/h4-5,9,13H,6-8H2,1-3H3. The summed E-state index contributed by atoms with van der Waals surface area (Å²) in [7, 11) is 2.14. The van der Waals surface area contributed by atoms with Crippen LogP contribution in [0.2, 0.25) is 0 Å². The number of hydrogen-bond donors (Lipinski definition) is 1. The lowest BCUT2D eigenvalue weighted by Gasteiger charge is -2.20. The molecular weight excluding hydrogens is 303 g/mol. The molecule has 0 fully saturated rings. The highest BCUT2D eigenvalue weighted by molar-refractivity contribution is 14.1. The van der Waals surface area contributed by atoms with Gasteiger partial charge in [0.05, 0.1) is 6.54 Å². The Morgan fingerprint density at radius 3 is 2.73 bits per heavy atom. The van der Waals surface area contributed by atoms with Gasteiger partial charge in [-0.2, -0.15) is 0 Å². The number of furan rings is 1. The summed E-state index contributed by atoms with van der Waals surface area (Å²) >= 11 is 2.18. The van der Waals surface area contributed by atoms with Crippen LogP contribution in [0.5, 0.6) is 0 Å². The average Bonchev–Trinajstić information content (AvgIpc) is 2.58. The minimum Gasteiger partial charge on any atom is -0.454 e. The van der Waals surface area contributed by atoms with Crippen molar-refractivity contribution in [3.8, 4) is 0 Å². The van der Waals surface area contributed by atoms with Crippen molar-refractivity contribution in [1.82, 2.24) is 10.2 Å². The van der Waals surface area contributed by atoms with E-state index < -0.39 is 0 Å². The van der Waals surface area contributed by atoms with E-state index in [2.05, 4.69) is 53.7 Å². The molecule has 0 aliphatic heterocycles. The molecule has 0 saturated carbocycles. The SMILES string of the molecule is CC(C)N(C)CCNCc1ccc(I)o1. The molecule has 0 bridgehead atoms. The van der Waals surface area contributed by atoms with E-state index in [9.17, 15) is 0 Å². The molecule has 1 aromatic heterocycles. The fraction of sp³-hybridized carbons (Fsp3) is 0.636. The first kappa shape index (κ1) is 13.0. The Balaban J connectivity index is 2.12. The van der Waals surface area contributed by atoms with E-state index in [0.29, 0.717) is 6.04 Å². The molecule has 3 nitrogen and oxygen atoms in total. The van der Waals surface area contributed by atoms with Crippen molar-refractivity contribution < 1.29 is 4.42 Å². The van der Waals surface area contributed by atoms with Crippen molar-refractivity contribution in [1.29, 1.82) is 0 Å². The molecule has 0 aliphatic carbocycles. The smallest absolute Gasteiger partial charge is 0.164 e. The van der Waals surface area contributed by atoms with Gasteiger partial charge in [-0.05, 0) is 55.6 Å². The van der Waals surface area contributed by atoms with Gasteiger partial charge >= 0.3 is 0 Å². The lowest BCUT2D eigenvalue weighted by molar-refractivity contribution is 0.272.